The van der Waals surface area contributed by atoms with Gasteiger partial charge in [0.1, 0.15) is 17.9 Å². The van der Waals surface area contributed by atoms with Crippen LogP contribution in [-0.4, -0.2) is 61.6 Å². The Morgan fingerprint density at radius 2 is 1.66 bits per heavy atom. The van der Waals surface area contributed by atoms with E-state index < -0.39 is 41.9 Å². The molecule has 0 bridgehead atoms. The van der Waals surface area contributed by atoms with Crippen molar-refractivity contribution in [2.75, 3.05) is 13.7 Å². The smallest absolute Gasteiger partial charge is 0.308 e. The van der Waals surface area contributed by atoms with Gasteiger partial charge in [-0.1, -0.05) is 69.3 Å². The van der Waals surface area contributed by atoms with E-state index in [1.54, 1.807) is 25.3 Å². The number of ether oxygens (including phenoxy) is 3. The lowest BCUT2D eigenvalue weighted by Crippen LogP contribution is -2.49. The molecule has 4 rings (SSSR count). The molecular weight excluding hydrogens is 562 g/mol. The molecule has 1 fully saturated rings. The molecule has 2 aromatic rings. The van der Waals surface area contributed by atoms with Crippen molar-refractivity contribution in [2.24, 2.45) is 11.8 Å². The van der Waals surface area contributed by atoms with Crippen LogP contribution in [0.25, 0.3) is 0 Å². The summed E-state index contributed by atoms with van der Waals surface area (Å²) in [4.78, 5) is 52.3. The summed E-state index contributed by atoms with van der Waals surface area (Å²) in [6.07, 6.45) is 2.68. The Balaban J connectivity index is 1.54. The predicted molar refractivity (Wildman–Crippen MR) is 164 cm³/mol. The SMILES string of the molecule is COc1ccc(C[C@H]2NC(=O)/C=C/C[C@@H]([C@H](C)[C@H]3O[C@@H]3c3ccccc3)NC(=O)[C@H](CC(C)C)OC(=O)CCNC2=O)cc1. The lowest BCUT2D eigenvalue weighted by Gasteiger charge is -2.27. The molecular formula is C34H43N3O7. The number of carbonyl (C=O) groups is 4. The van der Waals surface area contributed by atoms with E-state index in [1.165, 1.54) is 6.08 Å². The number of cyclic esters (lactones) is 1. The van der Waals surface area contributed by atoms with Gasteiger partial charge in [0.2, 0.25) is 11.8 Å². The predicted octanol–water partition coefficient (Wildman–Crippen LogP) is 3.41. The molecule has 2 aliphatic heterocycles. The van der Waals surface area contributed by atoms with Gasteiger partial charge in [-0.2, -0.15) is 0 Å². The number of hydrogen-bond donors (Lipinski definition) is 3. The molecule has 0 radical (unpaired) electrons. The molecule has 10 heteroatoms. The standard InChI is InChI=1S/C34H43N3O7/c1-21(2)19-28-34(41)37-26(22(3)31-32(44-31)24-9-6-5-7-10-24)11-8-12-29(38)36-27(33(40)35-18-17-30(39)43-28)20-23-13-15-25(42-4)16-14-23/h5-10,12-16,21-22,26-28,31-32H,11,17-20H2,1-4H3,(H,35,40)(H,36,38)(H,37,41)/b12-8+/t22-,26-,27+,28-,31+,32+/m0/s1. The van der Waals surface area contributed by atoms with Crippen LogP contribution >= 0.6 is 0 Å². The lowest BCUT2D eigenvalue weighted by molar-refractivity contribution is -0.157. The van der Waals surface area contributed by atoms with E-state index in [0.717, 1.165) is 11.1 Å². The van der Waals surface area contributed by atoms with Gasteiger partial charge < -0.3 is 30.2 Å². The van der Waals surface area contributed by atoms with Gasteiger partial charge in [-0.05, 0) is 48.1 Å². The van der Waals surface area contributed by atoms with Crippen LogP contribution in [0.5, 0.6) is 5.75 Å². The van der Waals surface area contributed by atoms with Crippen LogP contribution in [0.4, 0.5) is 0 Å². The molecule has 236 valence electrons. The first-order valence-corrected chi connectivity index (χ1v) is 15.2. The van der Waals surface area contributed by atoms with E-state index in [9.17, 15) is 19.2 Å². The molecule has 1 saturated heterocycles. The first-order valence-electron chi connectivity index (χ1n) is 15.2. The molecule has 2 aromatic carbocycles. The number of amides is 3. The minimum Gasteiger partial charge on any atom is -0.497 e. The van der Waals surface area contributed by atoms with Crippen LogP contribution in [0.3, 0.4) is 0 Å². The fourth-order valence-corrected chi connectivity index (χ4v) is 5.36. The van der Waals surface area contributed by atoms with Gasteiger partial charge in [0, 0.05) is 24.9 Å². The molecule has 0 aliphatic carbocycles. The van der Waals surface area contributed by atoms with E-state index >= 15 is 0 Å². The zero-order chi connectivity index (χ0) is 31.6. The fourth-order valence-electron chi connectivity index (χ4n) is 5.36. The van der Waals surface area contributed by atoms with Crippen LogP contribution in [-0.2, 0) is 35.1 Å². The van der Waals surface area contributed by atoms with Crippen molar-refractivity contribution in [1.82, 2.24) is 16.0 Å². The van der Waals surface area contributed by atoms with Gasteiger partial charge in [-0.3, -0.25) is 19.2 Å². The monoisotopic (exact) mass is 605 g/mol. The largest absolute Gasteiger partial charge is 0.497 e. The van der Waals surface area contributed by atoms with Gasteiger partial charge in [0.15, 0.2) is 6.10 Å². The van der Waals surface area contributed by atoms with Crippen molar-refractivity contribution in [3.8, 4) is 5.75 Å². The maximum Gasteiger partial charge on any atom is 0.308 e. The number of carbonyl (C=O) groups excluding carboxylic acids is 4. The summed E-state index contributed by atoms with van der Waals surface area (Å²) in [6.45, 7) is 5.90. The van der Waals surface area contributed by atoms with Crippen LogP contribution < -0.4 is 20.7 Å². The summed E-state index contributed by atoms with van der Waals surface area (Å²) in [6, 6.07) is 15.8. The van der Waals surface area contributed by atoms with Crippen molar-refractivity contribution in [3.63, 3.8) is 0 Å². The number of rotatable bonds is 8. The molecule has 0 aromatic heterocycles. The van der Waals surface area contributed by atoms with Gasteiger partial charge in [0.25, 0.3) is 5.91 Å². The maximum atomic E-state index is 13.5. The first kappa shape index (κ1) is 32.7. The number of epoxide rings is 1. The van der Waals surface area contributed by atoms with E-state index in [0.29, 0.717) is 18.6 Å². The van der Waals surface area contributed by atoms with Crippen molar-refractivity contribution >= 4 is 23.7 Å². The molecule has 0 unspecified atom stereocenters. The highest BCUT2D eigenvalue weighted by atomic mass is 16.6. The number of methoxy groups -OCH3 is 1. The van der Waals surface area contributed by atoms with Crippen molar-refractivity contribution in [3.05, 3.63) is 77.9 Å². The minimum atomic E-state index is -0.985. The Morgan fingerprint density at radius 3 is 2.34 bits per heavy atom. The van der Waals surface area contributed by atoms with Gasteiger partial charge in [-0.15, -0.1) is 0 Å². The zero-order valence-electron chi connectivity index (χ0n) is 25.8. The highest BCUT2D eigenvalue weighted by Gasteiger charge is 2.46. The molecule has 2 heterocycles. The number of esters is 1. The van der Waals surface area contributed by atoms with Crippen LogP contribution in [0.1, 0.15) is 57.3 Å². The second kappa shape index (κ2) is 15.5. The highest BCUT2D eigenvalue weighted by Crippen LogP contribution is 2.44. The number of benzene rings is 2. The van der Waals surface area contributed by atoms with Crippen molar-refractivity contribution in [1.29, 1.82) is 0 Å². The second-order valence-electron chi connectivity index (χ2n) is 11.8. The summed E-state index contributed by atoms with van der Waals surface area (Å²) in [7, 11) is 1.57. The molecule has 44 heavy (non-hydrogen) atoms. The van der Waals surface area contributed by atoms with Gasteiger partial charge in [-0.25, -0.2) is 0 Å². The van der Waals surface area contributed by atoms with Crippen LogP contribution in [0.15, 0.2) is 66.7 Å². The third-order valence-electron chi connectivity index (χ3n) is 7.91. The molecule has 3 amide bonds. The van der Waals surface area contributed by atoms with Crippen LogP contribution in [0.2, 0.25) is 0 Å². The quantitative estimate of drug-likeness (QED) is 0.310. The molecule has 0 saturated carbocycles. The average molecular weight is 606 g/mol. The van der Waals surface area contributed by atoms with Gasteiger partial charge >= 0.3 is 5.97 Å². The van der Waals surface area contributed by atoms with Crippen molar-refractivity contribution < 1.29 is 33.4 Å². The van der Waals surface area contributed by atoms with Crippen LogP contribution in [0, 0.1) is 11.8 Å². The number of nitrogens with one attached hydrogen (secondary N) is 3. The summed E-state index contributed by atoms with van der Waals surface area (Å²) >= 11 is 0. The Hall–Kier alpha value is -4.18. The Morgan fingerprint density at radius 1 is 0.932 bits per heavy atom. The highest BCUT2D eigenvalue weighted by molar-refractivity contribution is 5.93. The average Bonchev–Trinajstić information content (AvgIpc) is 3.81. The topological polar surface area (TPSA) is 135 Å². The zero-order valence-corrected chi connectivity index (χ0v) is 25.8. The third kappa shape index (κ3) is 9.41. The second-order valence-corrected chi connectivity index (χ2v) is 11.8. The molecule has 2 aliphatic rings. The number of hydrogen-bond acceptors (Lipinski definition) is 7. The summed E-state index contributed by atoms with van der Waals surface area (Å²) in [5, 5.41) is 8.58. The van der Waals surface area contributed by atoms with E-state index in [4.69, 9.17) is 14.2 Å². The Labute approximate surface area is 258 Å². The van der Waals surface area contributed by atoms with Gasteiger partial charge in [0.05, 0.1) is 19.6 Å². The molecule has 6 atom stereocenters. The third-order valence-corrected chi connectivity index (χ3v) is 7.91. The Bertz CT molecular complexity index is 1310. The lowest BCUT2D eigenvalue weighted by atomic mass is 9.91. The molecule has 10 nitrogen and oxygen atoms in total. The van der Waals surface area contributed by atoms with E-state index in [1.807, 2.05) is 63.2 Å². The maximum absolute atomic E-state index is 13.5. The summed E-state index contributed by atoms with van der Waals surface area (Å²) < 4.78 is 16.9. The van der Waals surface area contributed by atoms with E-state index in [-0.39, 0.29) is 43.4 Å². The van der Waals surface area contributed by atoms with E-state index in [2.05, 4.69) is 16.0 Å². The molecule has 0 spiro atoms. The van der Waals surface area contributed by atoms with Crippen molar-refractivity contribution in [2.45, 2.75) is 76.9 Å². The molecule has 3 N–H and O–H groups in total. The summed E-state index contributed by atoms with van der Waals surface area (Å²) in [5.74, 6) is -1.19. The minimum absolute atomic E-state index is 0.00193. The first-order chi connectivity index (χ1) is 21.1. The normalized spacial score (nSPS) is 26.5. The fraction of sp³-hybridized carbons (Fsp3) is 0.471. The Kier molecular flexibility index (Phi) is 11.5. The summed E-state index contributed by atoms with van der Waals surface area (Å²) in [5.41, 5.74) is 1.89.